The number of carbonyl (C=O) groups is 2. The van der Waals surface area contributed by atoms with Crippen LogP contribution in [0, 0.1) is 0 Å². The van der Waals surface area contributed by atoms with Crippen molar-refractivity contribution in [3.05, 3.63) is 137 Å². The highest BCUT2D eigenvalue weighted by Gasteiger charge is 2.47. The topological polar surface area (TPSA) is 91.3 Å². The number of aliphatic hydroxyl groups is 1. The van der Waals surface area contributed by atoms with Crippen molar-refractivity contribution in [1.82, 2.24) is 9.80 Å². The summed E-state index contributed by atoms with van der Waals surface area (Å²) in [7, 11) is 0. The molecule has 0 spiro atoms. The number of amides is 2. The Bertz CT molecular complexity index is 1660. The zero-order valence-electron chi connectivity index (χ0n) is 27.5. The molecule has 0 aliphatic carbocycles. The smallest absolute Gasteiger partial charge is 0.392 e. The molecule has 11 heteroatoms. The molecule has 4 atom stereocenters. The maximum absolute atomic E-state index is 13.1. The van der Waals surface area contributed by atoms with Gasteiger partial charge < -0.3 is 24.8 Å². The summed E-state index contributed by atoms with van der Waals surface area (Å²) in [6.45, 7) is 1.88. The van der Waals surface area contributed by atoms with Crippen LogP contribution in [0.25, 0.3) is 0 Å². The van der Waals surface area contributed by atoms with Crippen molar-refractivity contribution >= 4 is 17.5 Å². The Kier molecular flexibility index (Phi) is 11.3. The lowest BCUT2D eigenvalue weighted by molar-refractivity contribution is -0.253. The first-order valence-corrected chi connectivity index (χ1v) is 16.8. The Balaban J connectivity index is 1.19. The van der Waals surface area contributed by atoms with E-state index in [-0.39, 0.29) is 31.8 Å². The van der Waals surface area contributed by atoms with Crippen molar-refractivity contribution in [3.63, 3.8) is 0 Å². The van der Waals surface area contributed by atoms with Crippen molar-refractivity contribution < 1.29 is 37.3 Å². The van der Waals surface area contributed by atoms with E-state index in [4.69, 9.17) is 9.47 Å². The number of nitrogens with one attached hydrogen (secondary N) is 1. The third-order valence-corrected chi connectivity index (χ3v) is 9.08. The molecule has 2 fully saturated rings. The van der Waals surface area contributed by atoms with Gasteiger partial charge in [-0.15, -0.1) is 0 Å². The fraction of sp³-hybridized carbons (Fsp3) is 0.333. The summed E-state index contributed by atoms with van der Waals surface area (Å²) in [5.41, 5.74) is 5.21. The molecular weight excluding hydrogens is 647 g/mol. The second kappa shape index (κ2) is 16.0. The van der Waals surface area contributed by atoms with E-state index in [1.54, 1.807) is 24.3 Å². The number of ether oxygens (including phenoxy) is 2. The van der Waals surface area contributed by atoms with Crippen molar-refractivity contribution in [2.75, 3.05) is 18.4 Å². The summed E-state index contributed by atoms with van der Waals surface area (Å²) in [5, 5.41) is 12.2. The summed E-state index contributed by atoms with van der Waals surface area (Å²) in [5.74, 6) is -2.67. The molecule has 0 unspecified atom stereocenters. The molecule has 262 valence electrons. The third-order valence-electron chi connectivity index (χ3n) is 9.08. The molecule has 2 amide bonds. The number of benzene rings is 4. The minimum Gasteiger partial charge on any atom is -0.392 e. The molecule has 0 aromatic heterocycles. The number of hydrogen-bond donors (Lipinski definition) is 2. The number of aliphatic hydroxyl groups excluding tert-OH is 1. The molecular formula is C39H40F3N3O5. The quantitative estimate of drug-likeness (QED) is 0.178. The van der Waals surface area contributed by atoms with E-state index < -0.39 is 30.3 Å². The molecule has 0 bridgehead atoms. The van der Waals surface area contributed by atoms with Gasteiger partial charge in [-0.2, -0.15) is 13.2 Å². The summed E-state index contributed by atoms with van der Waals surface area (Å²) in [4.78, 5) is 27.8. The van der Waals surface area contributed by atoms with Crippen molar-refractivity contribution in [1.29, 1.82) is 0 Å². The predicted molar refractivity (Wildman–Crippen MR) is 181 cm³/mol. The van der Waals surface area contributed by atoms with Crippen LogP contribution in [0.15, 0.2) is 109 Å². The summed E-state index contributed by atoms with van der Waals surface area (Å²) in [6.07, 6.45) is -5.24. The number of hydrogen-bond acceptors (Lipinski definition) is 6. The van der Waals surface area contributed by atoms with Crippen LogP contribution in [0.3, 0.4) is 0 Å². The summed E-state index contributed by atoms with van der Waals surface area (Å²) >= 11 is 0. The standard InChI is InChI=1S/C39H40F3N3O5/c40-39(41,42)38(48)45-21-7-12-34(45)36(47)43-32-19-17-31(18-20-32)37-49-33(22-35(50-37)30-15-13-29(26-46)14-16-30)25-44(23-27-8-3-1-4-9-27)24-28-10-5-2-6-11-28/h1-6,8-11,13-20,33-35,37,46H,7,12,21-26H2,(H,43,47)/t33-,34+,35+,37+/m1/s1. The normalized spacial score (nSPS) is 20.9. The van der Waals surface area contributed by atoms with Crippen LogP contribution in [0.1, 0.15) is 59.5 Å². The van der Waals surface area contributed by atoms with Crippen LogP contribution in [-0.2, 0) is 38.8 Å². The second-order valence-electron chi connectivity index (χ2n) is 12.8. The van der Waals surface area contributed by atoms with Crippen molar-refractivity contribution in [2.24, 2.45) is 0 Å². The number of halogens is 3. The Morgan fingerprint density at radius 3 is 1.98 bits per heavy atom. The maximum atomic E-state index is 13.1. The molecule has 0 saturated carbocycles. The van der Waals surface area contributed by atoms with Gasteiger partial charge in [0.2, 0.25) is 5.91 Å². The second-order valence-corrected chi connectivity index (χ2v) is 12.8. The zero-order valence-corrected chi connectivity index (χ0v) is 27.5. The number of anilines is 1. The highest BCUT2D eigenvalue weighted by Crippen LogP contribution is 2.39. The largest absolute Gasteiger partial charge is 0.471 e. The van der Waals surface area contributed by atoms with Gasteiger partial charge in [0.25, 0.3) is 0 Å². The molecule has 4 aromatic carbocycles. The van der Waals surface area contributed by atoms with Gasteiger partial charge >= 0.3 is 12.1 Å². The number of nitrogens with zero attached hydrogens (tertiary/aromatic N) is 2. The Morgan fingerprint density at radius 1 is 0.800 bits per heavy atom. The molecule has 0 radical (unpaired) electrons. The SMILES string of the molecule is O=C(Nc1ccc([C@H]2O[C@@H](CN(Cc3ccccc3)Cc3ccccc3)C[C@@H](c3ccc(CO)cc3)O2)cc1)[C@@H]1CCCN1C(=O)C(F)(F)F. The lowest BCUT2D eigenvalue weighted by Gasteiger charge is -2.38. The predicted octanol–water partition coefficient (Wildman–Crippen LogP) is 6.92. The van der Waals surface area contributed by atoms with Gasteiger partial charge in [0.05, 0.1) is 18.8 Å². The van der Waals surface area contributed by atoms with Gasteiger partial charge in [-0.05, 0) is 47.2 Å². The fourth-order valence-electron chi connectivity index (χ4n) is 6.58. The molecule has 2 N–H and O–H groups in total. The van der Waals surface area contributed by atoms with Gasteiger partial charge in [0.15, 0.2) is 6.29 Å². The van der Waals surface area contributed by atoms with Gasteiger partial charge in [-0.25, -0.2) is 0 Å². The first kappa shape index (κ1) is 35.3. The summed E-state index contributed by atoms with van der Waals surface area (Å²) < 4.78 is 52.4. The highest BCUT2D eigenvalue weighted by molar-refractivity contribution is 5.98. The molecule has 6 rings (SSSR count). The van der Waals surface area contributed by atoms with E-state index in [1.165, 1.54) is 11.1 Å². The van der Waals surface area contributed by atoms with E-state index in [0.29, 0.717) is 35.5 Å². The minimum absolute atomic E-state index is 0.0611. The first-order chi connectivity index (χ1) is 24.2. The average Bonchev–Trinajstić information content (AvgIpc) is 3.62. The van der Waals surface area contributed by atoms with Crippen LogP contribution in [-0.4, -0.2) is 58.1 Å². The van der Waals surface area contributed by atoms with Gasteiger partial charge in [0, 0.05) is 43.9 Å². The van der Waals surface area contributed by atoms with Gasteiger partial charge in [-0.3, -0.25) is 14.5 Å². The van der Waals surface area contributed by atoms with E-state index in [9.17, 15) is 27.9 Å². The Hall–Kier alpha value is -4.55. The average molecular weight is 688 g/mol. The van der Waals surface area contributed by atoms with Crippen LogP contribution in [0.2, 0.25) is 0 Å². The van der Waals surface area contributed by atoms with E-state index in [2.05, 4.69) is 34.5 Å². The molecule has 2 saturated heterocycles. The highest BCUT2D eigenvalue weighted by atomic mass is 19.4. The van der Waals surface area contributed by atoms with Gasteiger partial charge in [-0.1, -0.05) is 97.1 Å². The maximum Gasteiger partial charge on any atom is 0.471 e. The molecule has 50 heavy (non-hydrogen) atoms. The first-order valence-electron chi connectivity index (χ1n) is 16.8. The monoisotopic (exact) mass is 687 g/mol. The number of likely N-dealkylation sites (tertiary alicyclic amines) is 1. The van der Waals surface area contributed by atoms with E-state index in [1.807, 2.05) is 60.7 Å². The van der Waals surface area contributed by atoms with Crippen LogP contribution < -0.4 is 5.32 Å². The van der Waals surface area contributed by atoms with Crippen LogP contribution in [0.5, 0.6) is 0 Å². The molecule has 2 heterocycles. The van der Waals surface area contributed by atoms with Gasteiger partial charge in [0.1, 0.15) is 6.04 Å². The van der Waals surface area contributed by atoms with E-state index in [0.717, 1.165) is 24.2 Å². The molecule has 8 nitrogen and oxygen atoms in total. The molecule has 2 aliphatic rings. The lowest BCUT2D eigenvalue weighted by Crippen LogP contribution is -2.48. The number of alkyl halides is 3. The fourth-order valence-corrected chi connectivity index (χ4v) is 6.58. The molecule has 2 aliphatic heterocycles. The van der Waals surface area contributed by atoms with Crippen molar-refractivity contribution in [3.8, 4) is 0 Å². The third kappa shape index (κ3) is 8.97. The van der Waals surface area contributed by atoms with Crippen LogP contribution in [0.4, 0.5) is 18.9 Å². The van der Waals surface area contributed by atoms with E-state index >= 15 is 0 Å². The number of carbonyl (C=O) groups excluding carboxylic acids is 2. The lowest BCUT2D eigenvalue weighted by atomic mass is 9.99. The Labute approximate surface area is 289 Å². The number of rotatable bonds is 11. The van der Waals surface area contributed by atoms with Crippen LogP contribution >= 0.6 is 0 Å². The molecule has 4 aromatic rings. The summed E-state index contributed by atoms with van der Waals surface area (Å²) in [6, 6.07) is 33.8. The van der Waals surface area contributed by atoms with Crippen molar-refractivity contribution in [2.45, 2.75) is 69.7 Å². The zero-order chi connectivity index (χ0) is 35.1. The Morgan fingerprint density at radius 2 is 1.40 bits per heavy atom. The minimum atomic E-state index is -5.04.